The highest BCUT2D eigenvalue weighted by molar-refractivity contribution is 9.10. The van der Waals surface area contributed by atoms with Crippen molar-refractivity contribution in [1.29, 1.82) is 0 Å². The predicted octanol–water partition coefficient (Wildman–Crippen LogP) is 5.39. The van der Waals surface area contributed by atoms with Gasteiger partial charge < -0.3 is 15.0 Å². The molecule has 0 saturated carbocycles. The molecule has 2 aromatic carbocycles. The molecule has 200 valence electrons. The van der Waals surface area contributed by atoms with Crippen molar-refractivity contribution in [2.45, 2.75) is 31.3 Å². The minimum atomic E-state index is -3.69. The summed E-state index contributed by atoms with van der Waals surface area (Å²) in [5, 5.41) is 3.09. The van der Waals surface area contributed by atoms with Crippen LogP contribution in [0.4, 0.5) is 16.4 Å². The van der Waals surface area contributed by atoms with Crippen LogP contribution >= 0.6 is 15.9 Å². The predicted molar refractivity (Wildman–Crippen MR) is 151 cm³/mol. The van der Waals surface area contributed by atoms with Crippen LogP contribution in [-0.2, 0) is 14.8 Å². The number of piperazine rings is 1. The zero-order chi connectivity index (χ0) is 27.3. The van der Waals surface area contributed by atoms with Crippen LogP contribution in [-0.4, -0.2) is 65.5 Å². The molecule has 9 nitrogen and oxygen atoms in total. The Kier molecular flexibility index (Phi) is 8.49. The smallest absolute Gasteiger partial charge is 0.410 e. The number of ether oxygens (including phenoxy) is 1. The van der Waals surface area contributed by atoms with E-state index in [0.29, 0.717) is 11.6 Å². The first-order valence-corrected chi connectivity index (χ1v) is 14.3. The van der Waals surface area contributed by atoms with Gasteiger partial charge in [-0.1, -0.05) is 40.2 Å². The molecule has 1 aromatic heterocycles. The van der Waals surface area contributed by atoms with Crippen molar-refractivity contribution in [2.75, 3.05) is 31.5 Å². The number of carbonyl (C=O) groups is 1. The lowest BCUT2D eigenvalue weighted by Gasteiger charge is -2.35. The molecule has 0 atom stereocenters. The number of anilines is 2. The van der Waals surface area contributed by atoms with Crippen molar-refractivity contribution in [2.24, 2.45) is 0 Å². The summed E-state index contributed by atoms with van der Waals surface area (Å²) < 4.78 is 34.0. The molecular formula is C27H30BrN5O4S. The van der Waals surface area contributed by atoms with E-state index in [1.165, 1.54) is 9.21 Å². The van der Waals surface area contributed by atoms with E-state index in [0.717, 1.165) is 15.6 Å². The molecule has 0 bridgehead atoms. The summed E-state index contributed by atoms with van der Waals surface area (Å²) in [6, 6.07) is 14.4. The van der Waals surface area contributed by atoms with Gasteiger partial charge in [0.05, 0.1) is 4.90 Å². The number of nitrogens with one attached hydrogen (secondary N) is 1. The first-order valence-electron chi connectivity index (χ1n) is 12.1. The Hall–Kier alpha value is -3.28. The van der Waals surface area contributed by atoms with Crippen LogP contribution < -0.4 is 5.32 Å². The third-order valence-corrected chi connectivity index (χ3v) is 8.09. The fourth-order valence-corrected chi connectivity index (χ4v) is 5.37. The number of rotatable bonds is 6. The molecule has 38 heavy (non-hydrogen) atoms. The van der Waals surface area contributed by atoms with Gasteiger partial charge in [-0.05, 0) is 62.7 Å². The Morgan fingerprint density at radius 2 is 1.50 bits per heavy atom. The Balaban J connectivity index is 1.33. The molecule has 11 heteroatoms. The molecular weight excluding hydrogens is 570 g/mol. The van der Waals surface area contributed by atoms with E-state index >= 15 is 0 Å². The fourth-order valence-electron chi connectivity index (χ4n) is 3.68. The molecule has 4 rings (SSSR count). The molecule has 1 N–H and O–H groups in total. The second kappa shape index (κ2) is 11.6. The van der Waals surface area contributed by atoms with Gasteiger partial charge in [0.15, 0.2) is 0 Å². The minimum absolute atomic E-state index is 0.183. The van der Waals surface area contributed by atoms with E-state index < -0.39 is 21.7 Å². The van der Waals surface area contributed by atoms with Crippen LogP contribution in [0.3, 0.4) is 0 Å². The second-order valence-corrected chi connectivity index (χ2v) is 12.6. The molecule has 3 aromatic rings. The summed E-state index contributed by atoms with van der Waals surface area (Å²) in [5.74, 6) is 0.402. The van der Waals surface area contributed by atoms with E-state index in [9.17, 15) is 13.2 Å². The highest BCUT2D eigenvalue weighted by Crippen LogP contribution is 2.22. The number of sulfonamides is 1. The number of amides is 1. The van der Waals surface area contributed by atoms with E-state index in [4.69, 9.17) is 4.74 Å². The molecule has 2 heterocycles. The van der Waals surface area contributed by atoms with Crippen LogP contribution in [0.5, 0.6) is 0 Å². The molecule has 0 radical (unpaired) electrons. The third kappa shape index (κ3) is 7.40. The number of carbonyl (C=O) groups excluding carboxylic acids is 1. The molecule has 1 aliphatic heterocycles. The fraction of sp³-hybridized carbons (Fsp3) is 0.296. The van der Waals surface area contributed by atoms with Gasteiger partial charge in [0.25, 0.3) is 0 Å². The van der Waals surface area contributed by atoms with Crippen molar-refractivity contribution in [1.82, 2.24) is 19.2 Å². The van der Waals surface area contributed by atoms with E-state index in [2.05, 4.69) is 31.2 Å². The molecule has 1 aliphatic rings. The quantitative estimate of drug-likeness (QED) is 0.404. The summed E-state index contributed by atoms with van der Waals surface area (Å²) in [4.78, 5) is 22.7. The SMILES string of the molecule is CC(C)(C)OC(=O)N1CCN(S(=O)(=O)c2ccc(Nc3ncc(C=Cc4ccc(Br)cc4)cn3)cc2)CC1. The van der Waals surface area contributed by atoms with E-state index in [-0.39, 0.29) is 31.1 Å². The highest BCUT2D eigenvalue weighted by atomic mass is 79.9. The normalized spacial score (nSPS) is 15.0. The van der Waals surface area contributed by atoms with E-state index in [1.807, 2.05) is 36.4 Å². The maximum absolute atomic E-state index is 13.1. The first kappa shape index (κ1) is 27.7. The molecule has 1 amide bonds. The topological polar surface area (TPSA) is 105 Å². The Morgan fingerprint density at radius 3 is 2.08 bits per heavy atom. The van der Waals surface area contributed by atoms with Crippen molar-refractivity contribution in [3.8, 4) is 0 Å². The summed E-state index contributed by atoms with van der Waals surface area (Å²) >= 11 is 3.42. The van der Waals surface area contributed by atoms with Gasteiger partial charge in [0.2, 0.25) is 16.0 Å². The van der Waals surface area contributed by atoms with Gasteiger partial charge in [-0.3, -0.25) is 0 Å². The number of halogens is 1. The maximum Gasteiger partial charge on any atom is 0.410 e. The number of nitrogens with zero attached hydrogens (tertiary/aromatic N) is 4. The molecule has 1 saturated heterocycles. The van der Waals surface area contributed by atoms with Gasteiger partial charge in [-0.15, -0.1) is 0 Å². The molecule has 1 fully saturated rings. The van der Waals surface area contributed by atoms with Crippen LogP contribution in [0.2, 0.25) is 0 Å². The number of aromatic nitrogens is 2. The van der Waals surface area contributed by atoms with Crippen LogP contribution in [0.1, 0.15) is 31.9 Å². The van der Waals surface area contributed by atoms with Gasteiger partial charge in [0.1, 0.15) is 5.60 Å². The Morgan fingerprint density at radius 1 is 0.921 bits per heavy atom. The zero-order valence-corrected chi connectivity index (χ0v) is 23.9. The van der Waals surface area contributed by atoms with Crippen LogP contribution in [0, 0.1) is 0 Å². The Bertz CT molecular complexity index is 1380. The summed E-state index contributed by atoms with van der Waals surface area (Å²) in [6.07, 6.45) is 6.90. The lowest BCUT2D eigenvalue weighted by molar-refractivity contribution is 0.0192. The average molecular weight is 601 g/mol. The Labute approximate surface area is 231 Å². The van der Waals surface area contributed by atoms with Crippen molar-refractivity contribution < 1.29 is 17.9 Å². The van der Waals surface area contributed by atoms with Crippen LogP contribution in [0.15, 0.2) is 70.3 Å². The lowest BCUT2D eigenvalue weighted by Crippen LogP contribution is -2.51. The van der Waals surface area contributed by atoms with E-state index in [1.54, 1.807) is 57.4 Å². The minimum Gasteiger partial charge on any atom is -0.444 e. The first-order chi connectivity index (χ1) is 18.0. The van der Waals surface area contributed by atoms with Crippen molar-refractivity contribution >= 4 is 55.8 Å². The number of hydrogen-bond acceptors (Lipinski definition) is 7. The lowest BCUT2D eigenvalue weighted by atomic mass is 10.2. The van der Waals surface area contributed by atoms with Crippen molar-refractivity contribution in [3.63, 3.8) is 0 Å². The number of hydrogen-bond donors (Lipinski definition) is 1. The molecule has 0 unspecified atom stereocenters. The van der Waals surface area contributed by atoms with Gasteiger partial charge in [-0.25, -0.2) is 23.2 Å². The monoisotopic (exact) mass is 599 g/mol. The summed E-state index contributed by atoms with van der Waals surface area (Å²) in [6.45, 7) is 6.37. The van der Waals surface area contributed by atoms with Crippen LogP contribution in [0.25, 0.3) is 12.2 Å². The number of benzene rings is 2. The van der Waals surface area contributed by atoms with Gasteiger partial charge >= 0.3 is 6.09 Å². The van der Waals surface area contributed by atoms with Gasteiger partial charge in [0, 0.05) is 54.3 Å². The highest BCUT2D eigenvalue weighted by Gasteiger charge is 2.31. The largest absolute Gasteiger partial charge is 0.444 e. The third-order valence-electron chi connectivity index (χ3n) is 5.65. The second-order valence-electron chi connectivity index (χ2n) is 9.75. The zero-order valence-electron chi connectivity index (χ0n) is 21.5. The summed E-state index contributed by atoms with van der Waals surface area (Å²) in [5.41, 5.74) is 1.99. The maximum atomic E-state index is 13.1. The average Bonchev–Trinajstić information content (AvgIpc) is 2.89. The van der Waals surface area contributed by atoms with Crippen molar-refractivity contribution in [3.05, 3.63) is 76.5 Å². The standard InChI is InChI=1S/C27H30BrN5O4S/c1-27(2,3)37-26(34)32-14-16-33(17-15-32)38(35,36)24-12-10-23(11-13-24)31-25-29-18-21(19-30-25)5-4-20-6-8-22(28)9-7-20/h4-13,18-19H,14-17H2,1-3H3,(H,29,30,31). The summed E-state index contributed by atoms with van der Waals surface area (Å²) in [7, 11) is -3.69. The van der Waals surface area contributed by atoms with Gasteiger partial charge in [-0.2, -0.15) is 4.31 Å². The molecule has 0 spiro atoms. The molecule has 0 aliphatic carbocycles.